The lowest BCUT2D eigenvalue weighted by Gasteiger charge is -2.20. The maximum Gasteiger partial charge on any atom is 0.255 e. The number of nitrogen functional groups attached to an aromatic ring is 1. The first-order chi connectivity index (χ1) is 15.2. The summed E-state index contributed by atoms with van der Waals surface area (Å²) >= 11 is 0. The van der Waals surface area contributed by atoms with Crippen molar-refractivity contribution in [2.24, 2.45) is 0 Å². The van der Waals surface area contributed by atoms with E-state index in [9.17, 15) is 4.79 Å². The normalized spacial score (nSPS) is 11.8. The number of rotatable bonds is 11. The number of carbonyl (C=O) groups is 1. The standard InChI is InChI=1S/C25H30N4O2/c1-2-3-7-16-28-25(31-18-19-9-5-4-6-10-19)21-14-12-20(13-15-21)24(30)29-22-11-8-17-27-23(22)26/h4-6,8-15,17,25,28H,2-3,7,16,18H2,1H3,(H2,26,27)(H,29,30). The summed E-state index contributed by atoms with van der Waals surface area (Å²) in [4.78, 5) is 16.5. The van der Waals surface area contributed by atoms with Gasteiger partial charge in [-0.3, -0.25) is 10.1 Å². The Balaban J connectivity index is 1.66. The highest BCUT2D eigenvalue weighted by atomic mass is 16.5. The Kier molecular flexibility index (Phi) is 8.58. The van der Waals surface area contributed by atoms with Crippen LogP contribution in [0.2, 0.25) is 0 Å². The number of hydrogen-bond acceptors (Lipinski definition) is 5. The Hall–Kier alpha value is -3.22. The van der Waals surface area contributed by atoms with Gasteiger partial charge in [-0.05, 0) is 48.4 Å². The van der Waals surface area contributed by atoms with Gasteiger partial charge in [-0.25, -0.2) is 4.98 Å². The Bertz CT molecular complexity index is 945. The van der Waals surface area contributed by atoms with Crippen molar-refractivity contribution in [3.63, 3.8) is 0 Å². The molecular weight excluding hydrogens is 388 g/mol. The van der Waals surface area contributed by atoms with Crippen LogP contribution in [-0.2, 0) is 11.3 Å². The highest BCUT2D eigenvalue weighted by Gasteiger charge is 2.14. The van der Waals surface area contributed by atoms with E-state index >= 15 is 0 Å². The molecule has 6 heteroatoms. The molecule has 0 aliphatic rings. The molecule has 0 bridgehead atoms. The highest BCUT2D eigenvalue weighted by molar-refractivity contribution is 6.05. The zero-order chi connectivity index (χ0) is 21.9. The van der Waals surface area contributed by atoms with Gasteiger partial charge in [0.05, 0.1) is 12.3 Å². The van der Waals surface area contributed by atoms with E-state index in [0.29, 0.717) is 17.9 Å². The first kappa shape index (κ1) is 22.5. The topological polar surface area (TPSA) is 89.3 Å². The van der Waals surface area contributed by atoms with Crippen LogP contribution < -0.4 is 16.4 Å². The lowest BCUT2D eigenvalue weighted by Crippen LogP contribution is -2.25. The van der Waals surface area contributed by atoms with Crippen LogP contribution in [-0.4, -0.2) is 17.4 Å². The summed E-state index contributed by atoms with van der Waals surface area (Å²) in [7, 11) is 0. The predicted octanol–water partition coefficient (Wildman–Crippen LogP) is 4.91. The van der Waals surface area contributed by atoms with Crippen molar-refractivity contribution in [3.05, 3.63) is 89.6 Å². The molecule has 4 N–H and O–H groups in total. The van der Waals surface area contributed by atoms with Crippen molar-refractivity contribution < 1.29 is 9.53 Å². The van der Waals surface area contributed by atoms with Gasteiger partial charge in [0.15, 0.2) is 0 Å². The molecule has 1 unspecified atom stereocenters. The molecule has 2 aromatic carbocycles. The number of unbranched alkanes of at least 4 members (excludes halogenated alkanes) is 2. The Labute approximate surface area is 183 Å². The number of aromatic nitrogens is 1. The number of hydrogen-bond donors (Lipinski definition) is 3. The van der Waals surface area contributed by atoms with Crippen LogP contribution in [0.4, 0.5) is 11.5 Å². The Morgan fingerprint density at radius 3 is 2.52 bits per heavy atom. The minimum Gasteiger partial charge on any atom is -0.382 e. The summed E-state index contributed by atoms with van der Waals surface area (Å²) in [5, 5.41) is 6.29. The van der Waals surface area contributed by atoms with Crippen LogP contribution in [0.15, 0.2) is 72.9 Å². The van der Waals surface area contributed by atoms with E-state index in [-0.39, 0.29) is 18.0 Å². The van der Waals surface area contributed by atoms with Crippen LogP contribution in [0.1, 0.15) is 53.9 Å². The van der Waals surface area contributed by atoms with Gasteiger partial charge in [0.25, 0.3) is 5.91 Å². The van der Waals surface area contributed by atoms with Crippen LogP contribution in [0.5, 0.6) is 0 Å². The number of nitrogens with one attached hydrogen (secondary N) is 2. The fourth-order valence-corrected chi connectivity index (χ4v) is 3.16. The third-order valence-electron chi connectivity index (χ3n) is 4.93. The van der Waals surface area contributed by atoms with Crippen LogP contribution in [0, 0.1) is 0 Å². The molecule has 0 saturated carbocycles. The van der Waals surface area contributed by atoms with Gasteiger partial charge in [-0.15, -0.1) is 0 Å². The van der Waals surface area contributed by atoms with Gasteiger partial charge >= 0.3 is 0 Å². The molecule has 6 nitrogen and oxygen atoms in total. The van der Waals surface area contributed by atoms with Crippen LogP contribution in [0.25, 0.3) is 0 Å². The lowest BCUT2D eigenvalue weighted by atomic mass is 10.1. The third-order valence-corrected chi connectivity index (χ3v) is 4.93. The SMILES string of the molecule is CCCCCNC(OCc1ccccc1)c1ccc(C(=O)Nc2cccnc2N)cc1. The van der Waals surface area contributed by atoms with Crippen molar-refractivity contribution in [1.82, 2.24) is 10.3 Å². The number of nitrogens with zero attached hydrogens (tertiary/aromatic N) is 1. The maximum atomic E-state index is 12.6. The number of anilines is 2. The average Bonchev–Trinajstić information content (AvgIpc) is 2.81. The van der Waals surface area contributed by atoms with Crippen molar-refractivity contribution in [2.45, 2.75) is 39.0 Å². The van der Waals surface area contributed by atoms with E-state index in [1.165, 1.54) is 12.8 Å². The van der Waals surface area contributed by atoms with E-state index in [1.807, 2.05) is 42.5 Å². The molecule has 1 heterocycles. The van der Waals surface area contributed by atoms with E-state index in [4.69, 9.17) is 10.5 Å². The molecule has 0 radical (unpaired) electrons. The fraction of sp³-hybridized carbons (Fsp3) is 0.280. The van der Waals surface area contributed by atoms with Crippen molar-refractivity contribution in [1.29, 1.82) is 0 Å². The van der Waals surface area contributed by atoms with Crippen molar-refractivity contribution in [3.8, 4) is 0 Å². The number of nitrogens with two attached hydrogens (primary N) is 1. The smallest absolute Gasteiger partial charge is 0.255 e. The third kappa shape index (κ3) is 6.91. The Morgan fingerprint density at radius 2 is 1.81 bits per heavy atom. The number of pyridine rings is 1. The summed E-state index contributed by atoms with van der Waals surface area (Å²) in [5.41, 5.74) is 8.94. The maximum absolute atomic E-state index is 12.6. The van der Waals surface area contributed by atoms with Gasteiger partial charge in [0.1, 0.15) is 12.0 Å². The summed E-state index contributed by atoms with van der Waals surface area (Å²) in [6.07, 6.45) is 4.78. The molecule has 0 saturated heterocycles. The molecule has 1 amide bonds. The number of ether oxygens (including phenoxy) is 1. The quantitative estimate of drug-likeness (QED) is 0.304. The summed E-state index contributed by atoms with van der Waals surface area (Å²) < 4.78 is 6.17. The zero-order valence-electron chi connectivity index (χ0n) is 17.9. The largest absolute Gasteiger partial charge is 0.382 e. The van der Waals surface area contributed by atoms with Gasteiger partial charge in [-0.2, -0.15) is 0 Å². The lowest BCUT2D eigenvalue weighted by molar-refractivity contribution is 0.0160. The molecule has 3 aromatic rings. The molecule has 162 valence electrons. The first-order valence-corrected chi connectivity index (χ1v) is 10.7. The van der Waals surface area contributed by atoms with Crippen molar-refractivity contribution in [2.75, 3.05) is 17.6 Å². The molecule has 1 atom stereocenters. The molecule has 0 aliphatic heterocycles. The monoisotopic (exact) mass is 418 g/mol. The molecule has 31 heavy (non-hydrogen) atoms. The van der Waals surface area contributed by atoms with Gasteiger partial charge in [0, 0.05) is 11.8 Å². The van der Waals surface area contributed by atoms with E-state index in [0.717, 1.165) is 24.1 Å². The summed E-state index contributed by atoms with van der Waals surface area (Å²) in [6.45, 7) is 3.57. The highest BCUT2D eigenvalue weighted by Crippen LogP contribution is 2.20. The number of amides is 1. The van der Waals surface area contributed by atoms with E-state index in [2.05, 4.69) is 22.5 Å². The minimum atomic E-state index is -0.247. The molecule has 0 fully saturated rings. The second-order valence-corrected chi connectivity index (χ2v) is 7.35. The zero-order valence-corrected chi connectivity index (χ0v) is 17.9. The second-order valence-electron chi connectivity index (χ2n) is 7.35. The van der Waals surface area contributed by atoms with E-state index < -0.39 is 0 Å². The van der Waals surface area contributed by atoms with Gasteiger partial charge in [0.2, 0.25) is 0 Å². The summed E-state index contributed by atoms with van der Waals surface area (Å²) in [6, 6.07) is 21.0. The second kappa shape index (κ2) is 11.8. The number of carbonyl (C=O) groups excluding carboxylic acids is 1. The average molecular weight is 419 g/mol. The molecular formula is C25H30N4O2. The summed E-state index contributed by atoms with van der Waals surface area (Å²) in [5.74, 6) is 0.0574. The first-order valence-electron chi connectivity index (χ1n) is 10.7. The minimum absolute atomic E-state index is 0.232. The molecule has 0 spiro atoms. The predicted molar refractivity (Wildman–Crippen MR) is 125 cm³/mol. The van der Waals surface area contributed by atoms with Gasteiger partial charge < -0.3 is 15.8 Å². The molecule has 1 aromatic heterocycles. The fourth-order valence-electron chi connectivity index (χ4n) is 3.16. The molecule has 3 rings (SSSR count). The number of benzene rings is 2. The Morgan fingerprint density at radius 1 is 1.03 bits per heavy atom. The van der Waals surface area contributed by atoms with Crippen LogP contribution in [0.3, 0.4) is 0 Å². The van der Waals surface area contributed by atoms with Crippen molar-refractivity contribution >= 4 is 17.4 Å². The van der Waals surface area contributed by atoms with E-state index in [1.54, 1.807) is 30.5 Å². The van der Waals surface area contributed by atoms with Crippen LogP contribution >= 0.6 is 0 Å². The molecule has 0 aliphatic carbocycles. The van der Waals surface area contributed by atoms with Gasteiger partial charge in [-0.1, -0.05) is 62.2 Å².